The van der Waals surface area contributed by atoms with Crippen LogP contribution in [0.15, 0.2) is 48.5 Å². The molecule has 2 aromatic carbocycles. The number of nitrogens with one attached hydrogen (secondary N) is 2. The van der Waals surface area contributed by atoms with Gasteiger partial charge in [0.25, 0.3) is 0 Å². The van der Waals surface area contributed by atoms with Crippen LogP contribution in [0.3, 0.4) is 0 Å². The summed E-state index contributed by atoms with van der Waals surface area (Å²) in [5.74, 6) is 1.19. The molecule has 0 bridgehead atoms. The van der Waals surface area contributed by atoms with E-state index in [1.165, 1.54) is 0 Å². The molecule has 0 saturated carbocycles. The van der Waals surface area contributed by atoms with Crippen molar-refractivity contribution in [2.45, 2.75) is 12.8 Å². The zero-order valence-electron chi connectivity index (χ0n) is 13.8. The lowest BCUT2D eigenvalue weighted by Gasteiger charge is -2.11. The topological polar surface area (TPSA) is 59.6 Å². The van der Waals surface area contributed by atoms with E-state index in [1.54, 1.807) is 25.3 Å². The molecule has 0 radical (unpaired) electrons. The Kier molecular flexibility index (Phi) is 7.50. The molecule has 0 aliphatic rings. The Hall–Kier alpha value is -2.31. The van der Waals surface area contributed by atoms with E-state index in [0.717, 1.165) is 5.75 Å². The van der Waals surface area contributed by atoms with Crippen molar-refractivity contribution in [1.82, 2.24) is 5.32 Å². The molecule has 132 valence electrons. The zero-order valence-corrected chi connectivity index (χ0v) is 15.3. The van der Waals surface area contributed by atoms with Crippen LogP contribution >= 0.6 is 23.8 Å². The summed E-state index contributed by atoms with van der Waals surface area (Å²) in [5.41, 5.74) is 0.670. The number of methoxy groups -OCH3 is 1. The monoisotopic (exact) mass is 378 g/mol. The number of amides is 1. The number of carbonyl (C=O) groups is 1. The Balaban J connectivity index is 1.69. The quantitative estimate of drug-likeness (QED) is 0.563. The van der Waals surface area contributed by atoms with Crippen molar-refractivity contribution in [3.8, 4) is 11.5 Å². The van der Waals surface area contributed by atoms with Crippen molar-refractivity contribution >= 4 is 40.5 Å². The smallest absolute Gasteiger partial charge is 0.226 e. The number of anilines is 1. The average Bonchev–Trinajstić information content (AvgIpc) is 2.60. The number of para-hydroxylation sites is 1. The molecule has 0 aliphatic carbocycles. The van der Waals surface area contributed by atoms with Gasteiger partial charge in [0.15, 0.2) is 5.11 Å². The van der Waals surface area contributed by atoms with E-state index in [0.29, 0.717) is 35.9 Å². The fourth-order valence-corrected chi connectivity index (χ4v) is 2.52. The van der Waals surface area contributed by atoms with Crippen molar-refractivity contribution in [1.29, 1.82) is 0 Å². The first-order valence-electron chi connectivity index (χ1n) is 7.70. The van der Waals surface area contributed by atoms with Gasteiger partial charge in [0.2, 0.25) is 5.91 Å². The third-order valence-electron chi connectivity index (χ3n) is 3.22. The fourth-order valence-electron chi connectivity index (χ4n) is 2.04. The maximum Gasteiger partial charge on any atom is 0.226 e. The lowest BCUT2D eigenvalue weighted by Crippen LogP contribution is -2.34. The van der Waals surface area contributed by atoms with Crippen molar-refractivity contribution in [3.05, 3.63) is 53.6 Å². The van der Waals surface area contributed by atoms with Crippen LogP contribution in [-0.4, -0.2) is 24.7 Å². The third-order valence-corrected chi connectivity index (χ3v) is 3.72. The maximum atomic E-state index is 11.9. The summed E-state index contributed by atoms with van der Waals surface area (Å²) < 4.78 is 10.6. The summed E-state index contributed by atoms with van der Waals surface area (Å²) in [7, 11) is 1.54. The normalized spacial score (nSPS) is 10.0. The number of halogens is 1. The Morgan fingerprint density at radius 2 is 1.96 bits per heavy atom. The predicted molar refractivity (Wildman–Crippen MR) is 104 cm³/mol. The van der Waals surface area contributed by atoms with E-state index < -0.39 is 0 Å². The Bertz CT molecular complexity index is 726. The van der Waals surface area contributed by atoms with Gasteiger partial charge in [-0.25, -0.2) is 0 Å². The van der Waals surface area contributed by atoms with Crippen LogP contribution in [0.25, 0.3) is 0 Å². The average molecular weight is 379 g/mol. The second kappa shape index (κ2) is 9.86. The molecule has 5 nitrogen and oxygen atoms in total. The van der Waals surface area contributed by atoms with Gasteiger partial charge in [-0.3, -0.25) is 4.79 Å². The van der Waals surface area contributed by atoms with Crippen LogP contribution in [0.1, 0.15) is 12.8 Å². The first-order chi connectivity index (χ1) is 12.1. The van der Waals surface area contributed by atoms with Crippen molar-refractivity contribution in [2.75, 3.05) is 19.0 Å². The summed E-state index contributed by atoms with van der Waals surface area (Å²) in [4.78, 5) is 11.9. The first-order valence-corrected chi connectivity index (χ1v) is 8.49. The first kappa shape index (κ1) is 19.0. The number of ether oxygens (including phenoxy) is 2. The molecular weight excluding hydrogens is 360 g/mol. The molecule has 0 aliphatic heterocycles. The van der Waals surface area contributed by atoms with Crippen LogP contribution < -0.4 is 20.1 Å². The zero-order chi connectivity index (χ0) is 18.1. The number of rotatable bonds is 7. The van der Waals surface area contributed by atoms with E-state index in [-0.39, 0.29) is 11.0 Å². The van der Waals surface area contributed by atoms with E-state index in [2.05, 4.69) is 10.6 Å². The van der Waals surface area contributed by atoms with Gasteiger partial charge in [-0.1, -0.05) is 29.8 Å². The number of thiocarbonyl (C=S) groups is 1. The maximum absolute atomic E-state index is 11.9. The standard InChI is InChI=1S/C18H19ClN2O3S/c1-23-16-10-9-13(12-15(16)19)20-18(25)21-17(22)8-5-11-24-14-6-3-2-4-7-14/h2-4,6-7,9-10,12H,5,8,11H2,1H3,(H2,20,21,22,25). The van der Waals surface area contributed by atoms with Gasteiger partial charge in [-0.15, -0.1) is 0 Å². The molecule has 0 fully saturated rings. The van der Waals surface area contributed by atoms with Crippen LogP contribution in [0.2, 0.25) is 5.02 Å². The molecule has 2 rings (SSSR count). The van der Waals surface area contributed by atoms with Crippen LogP contribution in [0.5, 0.6) is 11.5 Å². The highest BCUT2D eigenvalue weighted by molar-refractivity contribution is 7.80. The van der Waals surface area contributed by atoms with Gasteiger partial charge in [0, 0.05) is 12.1 Å². The van der Waals surface area contributed by atoms with E-state index in [4.69, 9.17) is 33.3 Å². The minimum Gasteiger partial charge on any atom is -0.495 e. The molecule has 0 saturated heterocycles. The second-order valence-electron chi connectivity index (χ2n) is 5.12. The summed E-state index contributed by atoms with van der Waals surface area (Å²) in [6.45, 7) is 0.464. The molecule has 2 aromatic rings. The lowest BCUT2D eigenvalue weighted by atomic mass is 10.3. The van der Waals surface area contributed by atoms with Gasteiger partial charge < -0.3 is 20.1 Å². The van der Waals surface area contributed by atoms with Crippen LogP contribution in [-0.2, 0) is 4.79 Å². The number of benzene rings is 2. The highest BCUT2D eigenvalue weighted by Crippen LogP contribution is 2.27. The number of hydrogen-bond acceptors (Lipinski definition) is 4. The number of hydrogen-bond donors (Lipinski definition) is 2. The molecule has 2 N–H and O–H groups in total. The minimum atomic E-state index is -0.172. The Morgan fingerprint density at radius 3 is 2.64 bits per heavy atom. The minimum absolute atomic E-state index is 0.172. The van der Waals surface area contributed by atoms with Crippen molar-refractivity contribution in [2.24, 2.45) is 0 Å². The summed E-state index contributed by atoms with van der Waals surface area (Å²) >= 11 is 11.2. The second-order valence-corrected chi connectivity index (χ2v) is 5.93. The third kappa shape index (κ3) is 6.60. The largest absolute Gasteiger partial charge is 0.495 e. The summed E-state index contributed by atoms with van der Waals surface area (Å²) in [6, 6.07) is 14.6. The molecule has 0 unspecified atom stereocenters. The van der Waals surface area contributed by atoms with E-state index >= 15 is 0 Å². The van der Waals surface area contributed by atoms with E-state index in [9.17, 15) is 4.79 Å². The molecule has 25 heavy (non-hydrogen) atoms. The molecular formula is C18H19ClN2O3S. The SMILES string of the molecule is COc1ccc(NC(=S)NC(=O)CCCOc2ccccc2)cc1Cl. The summed E-state index contributed by atoms with van der Waals surface area (Å²) in [5, 5.41) is 6.21. The fraction of sp³-hybridized carbons (Fsp3) is 0.222. The molecule has 7 heteroatoms. The van der Waals surface area contributed by atoms with Crippen molar-refractivity contribution in [3.63, 3.8) is 0 Å². The lowest BCUT2D eigenvalue weighted by molar-refractivity contribution is -0.119. The molecule has 0 spiro atoms. The van der Waals surface area contributed by atoms with Crippen LogP contribution in [0, 0.1) is 0 Å². The molecule has 0 atom stereocenters. The van der Waals surface area contributed by atoms with E-state index in [1.807, 2.05) is 30.3 Å². The molecule has 1 amide bonds. The highest BCUT2D eigenvalue weighted by atomic mass is 35.5. The van der Waals surface area contributed by atoms with Gasteiger partial charge >= 0.3 is 0 Å². The van der Waals surface area contributed by atoms with Crippen LogP contribution in [0.4, 0.5) is 5.69 Å². The van der Waals surface area contributed by atoms with Gasteiger partial charge in [0.1, 0.15) is 11.5 Å². The van der Waals surface area contributed by atoms with Gasteiger partial charge in [-0.05, 0) is 49.0 Å². The predicted octanol–water partition coefficient (Wildman–Crippen LogP) is 4.02. The molecule has 0 aromatic heterocycles. The Labute approximate surface area is 157 Å². The summed E-state index contributed by atoms with van der Waals surface area (Å²) in [6.07, 6.45) is 0.912. The van der Waals surface area contributed by atoms with Gasteiger partial charge in [-0.2, -0.15) is 0 Å². The van der Waals surface area contributed by atoms with Gasteiger partial charge in [0.05, 0.1) is 18.7 Å². The Morgan fingerprint density at radius 1 is 1.20 bits per heavy atom. The number of carbonyl (C=O) groups excluding carboxylic acids is 1. The van der Waals surface area contributed by atoms with Crippen molar-refractivity contribution < 1.29 is 14.3 Å². The molecule has 0 heterocycles. The highest BCUT2D eigenvalue weighted by Gasteiger charge is 2.07.